The highest BCUT2D eigenvalue weighted by Crippen LogP contribution is 2.24. The number of methoxy groups -OCH3 is 1. The zero-order valence-corrected chi connectivity index (χ0v) is 17.9. The summed E-state index contributed by atoms with van der Waals surface area (Å²) < 4.78 is 16.2. The van der Waals surface area contributed by atoms with Gasteiger partial charge in [-0.05, 0) is 26.7 Å². The molecule has 0 bridgehead atoms. The Hall–Kier alpha value is -1.26. The molecule has 3 N–H and O–H groups in total. The van der Waals surface area contributed by atoms with E-state index in [1.165, 1.54) is 18.4 Å². The molecule has 9 nitrogen and oxygen atoms in total. The van der Waals surface area contributed by atoms with Gasteiger partial charge >= 0.3 is 0 Å². The average molecular weight is 417 g/mol. The van der Waals surface area contributed by atoms with Crippen LogP contribution in [-0.2, 0) is 23.8 Å². The molecule has 0 spiro atoms. The number of amides is 2. The fraction of sp³-hybridized carbons (Fsp3) is 0.900. The number of nitrogens with zero attached hydrogens (tertiary/aromatic N) is 1. The van der Waals surface area contributed by atoms with E-state index in [2.05, 4.69) is 5.32 Å². The van der Waals surface area contributed by atoms with Crippen molar-refractivity contribution in [3.8, 4) is 0 Å². The molecule has 0 radical (unpaired) electrons. The molecular weight excluding hydrogens is 380 g/mol. The summed E-state index contributed by atoms with van der Waals surface area (Å²) in [5.74, 6) is -0.566. The van der Waals surface area contributed by atoms with Gasteiger partial charge in [0.05, 0.1) is 12.7 Å². The molecule has 29 heavy (non-hydrogen) atoms. The van der Waals surface area contributed by atoms with Crippen molar-refractivity contribution in [1.29, 1.82) is 0 Å². The van der Waals surface area contributed by atoms with Crippen molar-refractivity contribution < 1.29 is 34.0 Å². The van der Waals surface area contributed by atoms with E-state index in [1.807, 2.05) is 0 Å². The zero-order chi connectivity index (χ0) is 21.6. The lowest BCUT2D eigenvalue weighted by molar-refractivity contribution is -0.238. The number of rotatable bonds is 8. The molecule has 6 atom stereocenters. The number of nitrogens with one attached hydrogen (secondary N) is 1. The van der Waals surface area contributed by atoms with Crippen molar-refractivity contribution in [3.63, 3.8) is 0 Å². The fourth-order valence-electron chi connectivity index (χ4n) is 3.89. The molecule has 5 unspecified atom stereocenters. The van der Waals surface area contributed by atoms with Crippen LogP contribution in [0.25, 0.3) is 0 Å². The lowest BCUT2D eigenvalue weighted by Gasteiger charge is -2.41. The molecule has 168 valence electrons. The normalized spacial score (nSPS) is 31.9. The lowest BCUT2D eigenvalue weighted by atomic mass is 9.95. The van der Waals surface area contributed by atoms with E-state index in [9.17, 15) is 19.8 Å². The van der Waals surface area contributed by atoms with Gasteiger partial charge in [0.1, 0.15) is 37.1 Å². The van der Waals surface area contributed by atoms with E-state index in [1.54, 1.807) is 20.9 Å². The van der Waals surface area contributed by atoms with E-state index in [-0.39, 0.29) is 31.1 Å². The van der Waals surface area contributed by atoms with Gasteiger partial charge in [-0.3, -0.25) is 9.59 Å². The van der Waals surface area contributed by atoms with E-state index >= 15 is 0 Å². The van der Waals surface area contributed by atoms with Crippen molar-refractivity contribution in [2.24, 2.45) is 0 Å². The quantitative estimate of drug-likeness (QED) is 0.503. The molecule has 9 heteroatoms. The average Bonchev–Trinajstić information content (AvgIpc) is 2.71. The van der Waals surface area contributed by atoms with Crippen LogP contribution >= 0.6 is 0 Å². The number of ether oxygens (including phenoxy) is 3. The Morgan fingerprint density at radius 1 is 1.21 bits per heavy atom. The molecule has 1 aliphatic carbocycles. The van der Waals surface area contributed by atoms with Gasteiger partial charge in [0.2, 0.25) is 11.8 Å². The predicted octanol–water partition coefficient (Wildman–Crippen LogP) is -0.177. The van der Waals surface area contributed by atoms with Crippen molar-refractivity contribution in [1.82, 2.24) is 10.2 Å². The highest BCUT2D eigenvalue weighted by Gasteiger charge is 2.43. The SMILES string of the molecule is COCC1O[C@H](C)C(OCC(=O)N(C)C(C)C(=O)NC2CCCCC2)C(O)C1O. The monoisotopic (exact) mass is 416 g/mol. The van der Waals surface area contributed by atoms with Gasteiger partial charge in [-0.1, -0.05) is 19.3 Å². The number of hydrogen-bond acceptors (Lipinski definition) is 7. The fourth-order valence-corrected chi connectivity index (χ4v) is 3.89. The van der Waals surface area contributed by atoms with Gasteiger partial charge in [0.25, 0.3) is 0 Å². The summed E-state index contributed by atoms with van der Waals surface area (Å²) in [6, 6.07) is -0.454. The van der Waals surface area contributed by atoms with Gasteiger partial charge in [-0.25, -0.2) is 0 Å². The molecular formula is C20H36N2O7. The Kier molecular flexibility index (Phi) is 9.29. The first kappa shape index (κ1) is 24.0. The highest BCUT2D eigenvalue weighted by molar-refractivity contribution is 5.87. The Bertz CT molecular complexity index is 541. The number of likely N-dealkylation sites (N-methyl/N-ethyl adjacent to an activating group) is 1. The summed E-state index contributed by atoms with van der Waals surface area (Å²) in [6.07, 6.45) is 0.951. The van der Waals surface area contributed by atoms with E-state index in [0.29, 0.717) is 0 Å². The summed E-state index contributed by atoms with van der Waals surface area (Å²) >= 11 is 0. The van der Waals surface area contributed by atoms with Crippen molar-refractivity contribution in [2.75, 3.05) is 27.4 Å². The van der Waals surface area contributed by atoms with Crippen LogP contribution in [0, 0.1) is 0 Å². The second-order valence-corrected chi connectivity index (χ2v) is 8.12. The van der Waals surface area contributed by atoms with E-state index < -0.39 is 36.6 Å². The first-order chi connectivity index (χ1) is 13.8. The van der Waals surface area contributed by atoms with Gasteiger partial charge in [-0.2, -0.15) is 0 Å². The number of aliphatic hydroxyl groups is 2. The van der Waals surface area contributed by atoms with Crippen LogP contribution in [-0.4, -0.2) is 96.9 Å². The van der Waals surface area contributed by atoms with E-state index in [0.717, 1.165) is 25.7 Å². The second-order valence-electron chi connectivity index (χ2n) is 8.12. The molecule has 1 heterocycles. The number of carbonyl (C=O) groups excluding carboxylic acids is 2. The molecule has 2 amide bonds. The van der Waals surface area contributed by atoms with Crippen LogP contribution in [0.15, 0.2) is 0 Å². The third-order valence-corrected chi connectivity index (χ3v) is 5.96. The van der Waals surface area contributed by atoms with Crippen LogP contribution < -0.4 is 5.32 Å². The first-order valence-electron chi connectivity index (χ1n) is 10.4. The maximum atomic E-state index is 12.5. The van der Waals surface area contributed by atoms with Crippen LogP contribution in [0.2, 0.25) is 0 Å². The molecule has 1 saturated heterocycles. The minimum atomic E-state index is -1.20. The van der Waals surface area contributed by atoms with Gasteiger partial charge < -0.3 is 34.6 Å². The van der Waals surface area contributed by atoms with Crippen LogP contribution in [0.4, 0.5) is 0 Å². The molecule has 0 aromatic rings. The standard InChI is InChI=1S/C20H36N2O7/c1-12(20(26)21-14-8-6-5-7-9-14)22(3)16(23)11-28-19-13(2)29-15(10-27-4)17(24)18(19)25/h12-15,17-19,24-25H,5-11H2,1-4H3,(H,21,26)/t12?,13-,15?,17?,18?,19?/m1/s1. The topological polar surface area (TPSA) is 118 Å². The Morgan fingerprint density at radius 2 is 1.86 bits per heavy atom. The molecule has 0 aromatic carbocycles. The molecule has 0 aromatic heterocycles. The number of hydrogen-bond donors (Lipinski definition) is 3. The minimum absolute atomic E-state index is 0.143. The van der Waals surface area contributed by atoms with Crippen molar-refractivity contribution in [2.45, 2.75) is 88.6 Å². The number of carbonyl (C=O) groups is 2. The zero-order valence-electron chi connectivity index (χ0n) is 17.9. The Balaban J connectivity index is 1.83. The third-order valence-electron chi connectivity index (χ3n) is 5.96. The van der Waals surface area contributed by atoms with Crippen molar-refractivity contribution in [3.05, 3.63) is 0 Å². The summed E-state index contributed by atoms with van der Waals surface area (Å²) in [4.78, 5) is 26.3. The Labute approximate surface area is 172 Å². The highest BCUT2D eigenvalue weighted by atomic mass is 16.6. The minimum Gasteiger partial charge on any atom is -0.388 e. The van der Waals surface area contributed by atoms with E-state index in [4.69, 9.17) is 14.2 Å². The second kappa shape index (κ2) is 11.2. The van der Waals surface area contributed by atoms with Crippen LogP contribution in [0.1, 0.15) is 46.0 Å². The van der Waals surface area contributed by atoms with Gasteiger partial charge in [0.15, 0.2) is 0 Å². The summed E-state index contributed by atoms with van der Waals surface area (Å²) in [7, 11) is 3.04. The largest absolute Gasteiger partial charge is 0.388 e. The number of aliphatic hydroxyl groups excluding tert-OH is 2. The predicted molar refractivity (Wildman–Crippen MR) is 105 cm³/mol. The Morgan fingerprint density at radius 3 is 2.48 bits per heavy atom. The first-order valence-corrected chi connectivity index (χ1v) is 10.4. The smallest absolute Gasteiger partial charge is 0.248 e. The summed E-state index contributed by atoms with van der Waals surface area (Å²) in [5.41, 5.74) is 0. The lowest BCUT2D eigenvalue weighted by Crippen LogP contribution is -2.59. The van der Waals surface area contributed by atoms with Gasteiger partial charge in [-0.15, -0.1) is 0 Å². The molecule has 1 saturated carbocycles. The molecule has 1 aliphatic heterocycles. The molecule has 2 fully saturated rings. The molecule has 2 aliphatic rings. The summed E-state index contributed by atoms with van der Waals surface area (Å²) in [6.45, 7) is 3.20. The maximum absolute atomic E-state index is 12.5. The maximum Gasteiger partial charge on any atom is 0.248 e. The molecule has 2 rings (SSSR count). The third kappa shape index (κ3) is 6.36. The van der Waals surface area contributed by atoms with Crippen molar-refractivity contribution >= 4 is 11.8 Å². The van der Waals surface area contributed by atoms with Crippen LogP contribution in [0.3, 0.4) is 0 Å². The van der Waals surface area contributed by atoms with Crippen LogP contribution in [0.5, 0.6) is 0 Å². The summed E-state index contributed by atoms with van der Waals surface area (Å²) in [5, 5.41) is 23.5. The van der Waals surface area contributed by atoms with Gasteiger partial charge in [0, 0.05) is 20.2 Å².